The van der Waals surface area contributed by atoms with E-state index in [1.807, 2.05) is 18.2 Å². The minimum absolute atomic E-state index is 0.000726. The van der Waals surface area contributed by atoms with Gasteiger partial charge in [0, 0.05) is 37.8 Å². The number of nitrogens with zero attached hydrogens (tertiary/aromatic N) is 2. The van der Waals surface area contributed by atoms with E-state index < -0.39 is 11.5 Å². The maximum atomic E-state index is 13.5. The van der Waals surface area contributed by atoms with E-state index in [-0.39, 0.29) is 17.7 Å². The number of nitrogens with one attached hydrogen (secondary N) is 3. The number of aromatic nitrogens is 2. The number of anilines is 2. The Morgan fingerprint density at radius 3 is 2.70 bits per heavy atom. The summed E-state index contributed by atoms with van der Waals surface area (Å²) in [6.07, 6.45) is 4.69. The lowest BCUT2D eigenvalue weighted by atomic mass is 9.75. The van der Waals surface area contributed by atoms with E-state index in [0.29, 0.717) is 73.4 Å². The zero-order valence-corrected chi connectivity index (χ0v) is 21.6. The van der Waals surface area contributed by atoms with Crippen molar-refractivity contribution in [3.63, 3.8) is 0 Å². The van der Waals surface area contributed by atoms with Crippen LogP contribution < -0.4 is 16.0 Å². The fourth-order valence-corrected chi connectivity index (χ4v) is 7.23. The summed E-state index contributed by atoms with van der Waals surface area (Å²) < 4.78 is 7.00. The van der Waals surface area contributed by atoms with E-state index in [1.165, 1.54) is 11.1 Å². The van der Waals surface area contributed by atoms with Gasteiger partial charge in [-0.2, -0.15) is 5.10 Å². The maximum absolute atomic E-state index is 13.5. The van der Waals surface area contributed by atoms with Crippen molar-refractivity contribution in [2.45, 2.75) is 51.0 Å². The van der Waals surface area contributed by atoms with Crippen LogP contribution in [-0.4, -0.2) is 46.8 Å². The van der Waals surface area contributed by atoms with Gasteiger partial charge in [0.05, 0.1) is 5.41 Å². The number of ether oxygens (including phenoxy) is 1. The SMILES string of the molecule is CC1CC2C(CC(NC(=O)c3ccnn3C)C(=O)Nc3ccc4c(c3)NC(=O)C43CCOCC3)C2C1C. The maximum Gasteiger partial charge on any atom is 0.270 e. The smallest absolute Gasteiger partial charge is 0.270 e. The van der Waals surface area contributed by atoms with Crippen LogP contribution in [0, 0.1) is 29.6 Å². The molecule has 3 N–H and O–H groups in total. The van der Waals surface area contributed by atoms with E-state index in [9.17, 15) is 14.4 Å². The van der Waals surface area contributed by atoms with Gasteiger partial charge in [0.2, 0.25) is 11.8 Å². The zero-order chi connectivity index (χ0) is 25.9. The van der Waals surface area contributed by atoms with Crippen molar-refractivity contribution in [3.05, 3.63) is 41.7 Å². The molecular weight excluding hydrogens is 470 g/mol. The summed E-state index contributed by atoms with van der Waals surface area (Å²) in [5, 5.41) is 13.1. The van der Waals surface area contributed by atoms with Crippen LogP contribution in [0.4, 0.5) is 11.4 Å². The highest BCUT2D eigenvalue weighted by Gasteiger charge is 2.59. The first kappa shape index (κ1) is 24.2. The Kier molecular flexibility index (Phi) is 5.86. The molecule has 37 heavy (non-hydrogen) atoms. The van der Waals surface area contributed by atoms with Gasteiger partial charge in [-0.15, -0.1) is 0 Å². The van der Waals surface area contributed by atoms with Crippen LogP contribution in [0.2, 0.25) is 0 Å². The van der Waals surface area contributed by atoms with Crippen LogP contribution >= 0.6 is 0 Å². The third-order valence-corrected chi connectivity index (χ3v) is 9.56. The molecule has 1 spiro atoms. The minimum Gasteiger partial charge on any atom is -0.381 e. The van der Waals surface area contributed by atoms with Gasteiger partial charge >= 0.3 is 0 Å². The third-order valence-electron chi connectivity index (χ3n) is 9.56. The largest absolute Gasteiger partial charge is 0.381 e. The van der Waals surface area contributed by atoms with Crippen molar-refractivity contribution in [1.82, 2.24) is 15.1 Å². The molecule has 2 aliphatic heterocycles. The molecule has 2 saturated carbocycles. The lowest BCUT2D eigenvalue weighted by molar-refractivity contribution is -0.124. The van der Waals surface area contributed by atoms with E-state index in [4.69, 9.17) is 4.74 Å². The van der Waals surface area contributed by atoms with Gasteiger partial charge in [-0.3, -0.25) is 19.1 Å². The third kappa shape index (κ3) is 4.04. The van der Waals surface area contributed by atoms with Crippen LogP contribution in [0.1, 0.15) is 55.6 Å². The second-order valence-electron chi connectivity index (χ2n) is 11.5. The van der Waals surface area contributed by atoms with Gasteiger partial charge in [0.15, 0.2) is 0 Å². The molecule has 6 rings (SSSR count). The molecule has 2 aliphatic carbocycles. The van der Waals surface area contributed by atoms with Crippen molar-refractivity contribution in [1.29, 1.82) is 0 Å². The van der Waals surface area contributed by atoms with Crippen LogP contribution in [0.25, 0.3) is 0 Å². The Hall–Kier alpha value is -3.20. The number of rotatable bonds is 6. The molecule has 1 saturated heterocycles. The quantitative estimate of drug-likeness (QED) is 0.558. The molecular formula is C28H35N5O4. The fourth-order valence-electron chi connectivity index (χ4n) is 7.23. The summed E-state index contributed by atoms with van der Waals surface area (Å²) >= 11 is 0. The number of benzene rings is 1. The zero-order valence-electron chi connectivity index (χ0n) is 21.6. The summed E-state index contributed by atoms with van der Waals surface area (Å²) in [5.41, 5.74) is 2.17. The highest BCUT2D eigenvalue weighted by atomic mass is 16.5. The van der Waals surface area contributed by atoms with Gasteiger partial charge in [-0.25, -0.2) is 0 Å². The molecule has 196 valence electrons. The monoisotopic (exact) mass is 505 g/mol. The number of carbonyl (C=O) groups is 3. The molecule has 0 bridgehead atoms. The highest BCUT2D eigenvalue weighted by Crippen LogP contribution is 2.64. The second kappa shape index (κ2) is 8.97. The van der Waals surface area contributed by atoms with E-state index in [0.717, 1.165) is 11.3 Å². The van der Waals surface area contributed by atoms with Gasteiger partial charge in [-0.05, 0) is 79.0 Å². The number of fused-ring (bicyclic) bond motifs is 3. The Bertz CT molecular complexity index is 1250. The van der Waals surface area contributed by atoms with Crippen LogP contribution in [0.3, 0.4) is 0 Å². The molecule has 2 aromatic rings. The normalized spacial score (nSPS) is 29.8. The molecule has 0 radical (unpaired) electrons. The van der Waals surface area contributed by atoms with Crippen molar-refractivity contribution < 1.29 is 19.1 Å². The average molecular weight is 506 g/mol. The van der Waals surface area contributed by atoms with E-state index >= 15 is 0 Å². The lowest BCUT2D eigenvalue weighted by Crippen LogP contribution is -2.45. The molecule has 6 unspecified atom stereocenters. The predicted octanol–water partition coefficient (Wildman–Crippen LogP) is 3.09. The number of aryl methyl sites for hydroxylation is 1. The van der Waals surface area contributed by atoms with Crippen LogP contribution in [0.15, 0.2) is 30.5 Å². The molecule has 3 fully saturated rings. The summed E-state index contributed by atoms with van der Waals surface area (Å²) in [6, 6.07) is 6.60. The molecule has 1 aromatic heterocycles. The van der Waals surface area contributed by atoms with Crippen LogP contribution in [-0.2, 0) is 26.8 Å². The molecule has 4 aliphatic rings. The van der Waals surface area contributed by atoms with Crippen molar-refractivity contribution in [2.24, 2.45) is 36.6 Å². The Balaban J connectivity index is 1.20. The van der Waals surface area contributed by atoms with Gasteiger partial charge in [-0.1, -0.05) is 19.9 Å². The Morgan fingerprint density at radius 1 is 1.24 bits per heavy atom. The molecule has 3 heterocycles. The summed E-state index contributed by atoms with van der Waals surface area (Å²) in [4.78, 5) is 39.4. The topological polar surface area (TPSA) is 114 Å². The number of amides is 3. The van der Waals surface area contributed by atoms with Crippen molar-refractivity contribution in [3.8, 4) is 0 Å². The molecule has 6 atom stereocenters. The van der Waals surface area contributed by atoms with Gasteiger partial charge in [0.1, 0.15) is 11.7 Å². The van der Waals surface area contributed by atoms with Crippen LogP contribution in [0.5, 0.6) is 0 Å². The Morgan fingerprint density at radius 2 is 2.03 bits per heavy atom. The number of hydrogen-bond donors (Lipinski definition) is 3. The predicted molar refractivity (Wildman–Crippen MR) is 138 cm³/mol. The first-order valence-electron chi connectivity index (χ1n) is 13.4. The van der Waals surface area contributed by atoms with Crippen molar-refractivity contribution >= 4 is 29.1 Å². The highest BCUT2D eigenvalue weighted by molar-refractivity contribution is 6.07. The summed E-state index contributed by atoms with van der Waals surface area (Å²) in [6.45, 7) is 5.73. The lowest BCUT2D eigenvalue weighted by Gasteiger charge is -2.31. The van der Waals surface area contributed by atoms with E-state index in [2.05, 4.69) is 34.9 Å². The fraction of sp³-hybridized carbons (Fsp3) is 0.571. The average Bonchev–Trinajstić information content (AvgIpc) is 3.10. The summed E-state index contributed by atoms with van der Waals surface area (Å²) in [7, 11) is 1.71. The second-order valence-corrected chi connectivity index (χ2v) is 11.5. The molecule has 1 aromatic carbocycles. The minimum atomic E-state index is -0.662. The Labute approximate surface area is 216 Å². The van der Waals surface area contributed by atoms with Gasteiger partial charge in [0.25, 0.3) is 5.91 Å². The van der Waals surface area contributed by atoms with Gasteiger partial charge < -0.3 is 20.7 Å². The number of hydrogen-bond acceptors (Lipinski definition) is 5. The molecule has 9 heteroatoms. The first-order valence-corrected chi connectivity index (χ1v) is 13.4. The molecule has 9 nitrogen and oxygen atoms in total. The first-order chi connectivity index (χ1) is 17.8. The standard InChI is InChI=1S/C28H35N5O4/c1-15-12-18-19(24(18)16(15)2)14-22(31-26(35)23-6-9-29-33(23)3)25(34)30-17-4-5-20-21(13-17)32-27(36)28(20)7-10-37-11-8-28/h4-6,9,13,15-16,18-19,22,24H,7-8,10-12,14H2,1-3H3,(H,30,34)(H,31,35)(H,32,36). The van der Waals surface area contributed by atoms with Crippen molar-refractivity contribution in [2.75, 3.05) is 23.8 Å². The summed E-state index contributed by atoms with van der Waals surface area (Å²) in [5.74, 6) is 2.51. The van der Waals surface area contributed by atoms with E-state index in [1.54, 1.807) is 19.3 Å². The number of carbonyl (C=O) groups excluding carboxylic acids is 3. The molecule has 3 amide bonds.